The van der Waals surface area contributed by atoms with Crippen LogP contribution in [-0.2, 0) is 44.4 Å². The summed E-state index contributed by atoms with van der Waals surface area (Å²) in [7, 11) is 0. The van der Waals surface area contributed by atoms with Crippen LogP contribution in [0, 0.1) is 71.0 Å². The molecule has 380 valence electrons. The number of carbonyl (C=O) groups excluding carboxylic acids is 3. The molecule has 14 rings (SSSR count). The SMILES string of the molecule is CCOC(=O)C(F)(F)C1(O)C2CC3CC(C2)CC1C3.O=C([O-])C(F)(F)C1(O)C2CC3CC(C2)CC1C3.O=C([O-])C(F)(F)C1(O)C2CC3CC(C2)CC1C3.[Cl-].[Na+].[SH2+]c1ccccc1.[SH2+]c1ccccc1. The Morgan fingerprint density at radius 1 is 0.507 bits per heavy atom. The van der Waals surface area contributed by atoms with Crippen molar-refractivity contribution in [3.63, 3.8) is 0 Å². The van der Waals surface area contributed by atoms with E-state index in [-0.39, 0.29) is 48.6 Å². The van der Waals surface area contributed by atoms with Crippen molar-refractivity contribution in [3.05, 3.63) is 60.7 Å². The topological polar surface area (TPSA) is 167 Å². The predicted molar refractivity (Wildman–Crippen MR) is 237 cm³/mol. The van der Waals surface area contributed by atoms with Gasteiger partial charge in [0, 0.05) is 0 Å². The van der Waals surface area contributed by atoms with Crippen LogP contribution in [0.2, 0.25) is 0 Å². The van der Waals surface area contributed by atoms with Gasteiger partial charge in [0.1, 0.15) is 38.5 Å². The standard InChI is InChI=1S/C14H20F2O3.2C12H16F2O3.2C6H6S.ClH.Na/c1-2-19-12(17)14(15,16)13(18)10-4-8-3-9(6-10)7-11(13)5-8;2*13-12(14,10(15)16)11(17)8-2-6-1-7(4-8)5-9(11)3-6;2*7-6-4-2-1-3-5-6;;/h8-11,18H,2-7H2,1H3;2*6-9,17H,1-5H2,(H,15,16);2*1-5,7H;1H;/q;;;;;;+1/p-1. The van der Waals surface area contributed by atoms with Crippen LogP contribution in [0.1, 0.15) is 103 Å². The van der Waals surface area contributed by atoms with Gasteiger partial charge in [0.25, 0.3) is 0 Å². The number of alkyl halides is 6. The molecular weight excluding hydrogens is 981 g/mol. The third-order valence-electron chi connectivity index (χ3n) is 17.2. The molecule has 12 saturated carbocycles. The van der Waals surface area contributed by atoms with Crippen molar-refractivity contribution in [2.24, 2.45) is 71.0 Å². The van der Waals surface area contributed by atoms with Gasteiger partial charge in [0.2, 0.25) is 0 Å². The third kappa shape index (κ3) is 10.9. The number of hydrogen-bond donors (Lipinski definition) is 3. The van der Waals surface area contributed by atoms with Crippen LogP contribution in [0.25, 0.3) is 0 Å². The van der Waals surface area contributed by atoms with E-state index in [9.17, 15) is 66.3 Å². The number of hydrogen-bond acceptors (Lipinski definition) is 9. The molecule has 0 heterocycles. The fourth-order valence-electron chi connectivity index (χ4n) is 14.8. The maximum absolute atomic E-state index is 14.4. The largest absolute Gasteiger partial charge is 1.00 e. The van der Waals surface area contributed by atoms with Crippen molar-refractivity contribution >= 4 is 43.2 Å². The van der Waals surface area contributed by atoms with Crippen molar-refractivity contribution in [2.45, 2.75) is 148 Å². The second-order valence-electron chi connectivity index (χ2n) is 21.1. The Labute approximate surface area is 439 Å². The number of aliphatic hydroxyl groups is 3. The van der Waals surface area contributed by atoms with Gasteiger partial charge in [-0.3, -0.25) is 0 Å². The molecule has 0 aromatic heterocycles. The average Bonchev–Trinajstić information content (AvgIpc) is 3.27. The monoisotopic (exact) mass is 1040 g/mol. The van der Waals surface area contributed by atoms with Crippen molar-refractivity contribution in [1.82, 2.24) is 0 Å². The smallest absolute Gasteiger partial charge is 1.00 e. The third-order valence-corrected chi connectivity index (χ3v) is 17.9. The molecule has 3 N–H and O–H groups in total. The fourth-order valence-corrected chi connectivity index (χ4v) is 15.2. The Hall–Kier alpha value is -1.70. The zero-order valence-corrected chi connectivity index (χ0v) is 43.7. The molecule has 0 aliphatic heterocycles. The first-order valence-corrected chi connectivity index (χ1v) is 24.8. The number of carboxylic acid groups (broad SMARTS) is 2. The summed E-state index contributed by atoms with van der Waals surface area (Å²) in [6.07, 6.45) is 9.98. The zero-order chi connectivity index (χ0) is 48.9. The summed E-state index contributed by atoms with van der Waals surface area (Å²) in [6, 6.07) is 19.9. The summed E-state index contributed by atoms with van der Waals surface area (Å²) in [4.78, 5) is 35.1. The molecule has 2 aromatic rings. The minimum atomic E-state index is -4.13. The Balaban J connectivity index is 0.000000167. The molecule has 69 heavy (non-hydrogen) atoms. The van der Waals surface area contributed by atoms with Crippen LogP contribution < -0.4 is 52.2 Å². The van der Waals surface area contributed by atoms with Crippen LogP contribution >= 0.6 is 0 Å². The molecule has 19 heteroatoms. The van der Waals surface area contributed by atoms with Crippen LogP contribution in [-0.4, -0.2) is 74.4 Å². The molecule has 0 saturated heterocycles. The van der Waals surface area contributed by atoms with Gasteiger partial charge in [-0.2, -0.15) is 26.3 Å². The number of carbonyl (C=O) groups is 3. The molecule has 12 bridgehead atoms. The second-order valence-corrected chi connectivity index (χ2v) is 22.3. The van der Waals surface area contributed by atoms with Gasteiger partial charge in [0.15, 0.2) is 0 Å². The van der Waals surface area contributed by atoms with Gasteiger partial charge in [-0.25, -0.2) is 4.79 Å². The molecule has 0 atom stereocenters. The predicted octanol–water partition coefficient (Wildman–Crippen LogP) is -0.388. The number of esters is 1. The first-order valence-electron chi connectivity index (χ1n) is 23.8. The summed E-state index contributed by atoms with van der Waals surface area (Å²) >= 11 is 6.71. The molecule has 2 aromatic carbocycles. The Morgan fingerprint density at radius 2 is 0.725 bits per heavy atom. The summed E-state index contributed by atoms with van der Waals surface area (Å²) in [5, 5.41) is 52.6. The van der Waals surface area contributed by atoms with Gasteiger partial charge in [-0.1, -0.05) is 36.4 Å². The van der Waals surface area contributed by atoms with Crippen LogP contribution in [0.4, 0.5) is 26.3 Å². The van der Waals surface area contributed by atoms with Gasteiger partial charge in [-0.15, -0.1) is 0 Å². The van der Waals surface area contributed by atoms with Crippen molar-refractivity contribution in [2.75, 3.05) is 6.61 Å². The van der Waals surface area contributed by atoms with E-state index in [0.29, 0.717) is 113 Å². The molecule has 12 aliphatic rings. The van der Waals surface area contributed by atoms with E-state index in [1.807, 2.05) is 60.7 Å². The number of ether oxygens (including phenoxy) is 1. The van der Waals surface area contributed by atoms with E-state index in [1.54, 1.807) is 0 Å². The molecule has 12 fully saturated rings. The van der Waals surface area contributed by atoms with Gasteiger partial charge >= 0.3 is 53.3 Å². The summed E-state index contributed by atoms with van der Waals surface area (Å²) in [5.41, 5.74) is -6.94. The van der Waals surface area contributed by atoms with Gasteiger partial charge < -0.3 is 52.3 Å². The van der Waals surface area contributed by atoms with Crippen LogP contribution in [0.5, 0.6) is 0 Å². The average molecular weight is 1050 g/mol. The first-order chi connectivity index (χ1) is 31.4. The quantitative estimate of drug-likeness (QED) is 0.145. The number of halogens is 7. The number of aliphatic carboxylic acids is 2. The maximum atomic E-state index is 14.4. The second kappa shape index (κ2) is 22.4. The summed E-state index contributed by atoms with van der Waals surface area (Å²) < 4.78 is 88.4. The zero-order valence-electron chi connectivity index (χ0n) is 39.0. The van der Waals surface area contributed by atoms with Gasteiger partial charge in [0.05, 0.1) is 6.61 Å². The first kappa shape index (κ1) is 58.2. The Bertz CT molecular complexity index is 1880. The number of benzene rings is 2. The summed E-state index contributed by atoms with van der Waals surface area (Å²) in [6.45, 7) is 1.40. The molecule has 12 aliphatic carbocycles. The maximum Gasteiger partial charge on any atom is 1.00 e. The molecule has 0 spiro atoms. The summed E-state index contributed by atoms with van der Waals surface area (Å²) in [5.74, 6) is -19.2. The normalized spacial score (nSPS) is 37.9. The Morgan fingerprint density at radius 3 is 0.899 bits per heavy atom. The van der Waals surface area contributed by atoms with E-state index in [4.69, 9.17) is 0 Å². The molecule has 0 amide bonds. The molecular formula is C50H64ClF6NaO9S2. The van der Waals surface area contributed by atoms with Crippen LogP contribution in [0.15, 0.2) is 70.5 Å². The molecule has 0 radical (unpaired) electrons. The minimum Gasteiger partial charge on any atom is -1.00 e. The number of carboxylic acids is 2. The van der Waals surface area contributed by atoms with Crippen molar-refractivity contribution < 1.29 is 113 Å². The number of rotatable bonds is 7. The molecule has 9 nitrogen and oxygen atoms in total. The van der Waals surface area contributed by atoms with E-state index < -0.39 is 88.0 Å². The Kier molecular flexibility index (Phi) is 18.9. The van der Waals surface area contributed by atoms with Gasteiger partial charge in [-0.05, 0) is 224 Å². The van der Waals surface area contributed by atoms with E-state index in [0.717, 1.165) is 29.1 Å². The van der Waals surface area contributed by atoms with E-state index in [1.165, 1.54) is 6.92 Å². The minimum absolute atomic E-state index is 0. The van der Waals surface area contributed by atoms with Crippen molar-refractivity contribution in [1.29, 1.82) is 0 Å². The fraction of sp³-hybridized carbons (Fsp3) is 0.700. The molecule has 0 unspecified atom stereocenters. The van der Waals surface area contributed by atoms with E-state index >= 15 is 0 Å². The van der Waals surface area contributed by atoms with Crippen LogP contribution in [0.3, 0.4) is 0 Å². The van der Waals surface area contributed by atoms with Crippen molar-refractivity contribution in [3.8, 4) is 0 Å². The van der Waals surface area contributed by atoms with E-state index in [2.05, 4.69) is 30.0 Å².